The summed E-state index contributed by atoms with van der Waals surface area (Å²) in [6.07, 6.45) is 9.08. The third-order valence-corrected chi connectivity index (χ3v) is 2.85. The summed E-state index contributed by atoms with van der Waals surface area (Å²) in [4.78, 5) is 0. The van der Waals surface area contributed by atoms with Gasteiger partial charge in [0.05, 0.1) is 12.5 Å². The molecule has 2 heteroatoms. The minimum absolute atomic E-state index is 0.486. The molecule has 2 rings (SSSR count). The Morgan fingerprint density at radius 3 is 3.00 bits per heavy atom. The fourth-order valence-electron chi connectivity index (χ4n) is 1.76. The Kier molecular flexibility index (Phi) is 2.69. The first-order valence-electron chi connectivity index (χ1n) is 5.09. The zero-order valence-corrected chi connectivity index (χ0v) is 8.12. The molecular weight excluding hydrogens is 162 g/mol. The van der Waals surface area contributed by atoms with Crippen molar-refractivity contribution in [2.45, 2.75) is 31.7 Å². The molecule has 1 aliphatic carbocycles. The molecule has 1 saturated carbocycles. The predicted octanol–water partition coefficient (Wildman–Crippen LogP) is 2.73. The largest absolute Gasteiger partial charge is 0.472 e. The molecule has 0 amide bonds. The summed E-state index contributed by atoms with van der Waals surface area (Å²) in [7, 11) is 2.02. The third-order valence-electron chi connectivity index (χ3n) is 2.85. The quantitative estimate of drug-likeness (QED) is 0.751. The van der Waals surface area contributed by atoms with Gasteiger partial charge in [-0.2, -0.15) is 0 Å². The second-order valence-electron chi connectivity index (χ2n) is 3.92. The lowest BCUT2D eigenvalue weighted by atomic mass is 10.0. The van der Waals surface area contributed by atoms with E-state index in [2.05, 4.69) is 5.32 Å². The van der Waals surface area contributed by atoms with Crippen molar-refractivity contribution in [3.8, 4) is 0 Å². The van der Waals surface area contributed by atoms with Crippen LogP contribution in [0.1, 0.15) is 37.3 Å². The molecule has 1 aromatic rings. The highest BCUT2D eigenvalue weighted by Gasteiger charge is 2.22. The highest BCUT2D eigenvalue weighted by molar-refractivity contribution is 5.11. The summed E-state index contributed by atoms with van der Waals surface area (Å²) in [5.74, 6) is 1.02. The fraction of sp³-hybridized carbons (Fsp3) is 0.636. The lowest BCUT2D eigenvalue weighted by Crippen LogP contribution is -2.15. The average molecular weight is 179 g/mol. The van der Waals surface area contributed by atoms with Gasteiger partial charge in [0.2, 0.25) is 0 Å². The smallest absolute Gasteiger partial charge is 0.0950 e. The molecule has 1 aromatic heterocycles. The van der Waals surface area contributed by atoms with Crippen molar-refractivity contribution in [2.24, 2.45) is 5.92 Å². The van der Waals surface area contributed by atoms with Gasteiger partial charge in [0.15, 0.2) is 0 Å². The van der Waals surface area contributed by atoms with Crippen molar-refractivity contribution in [2.75, 3.05) is 7.05 Å². The molecule has 13 heavy (non-hydrogen) atoms. The highest BCUT2D eigenvalue weighted by Crippen LogP contribution is 2.35. The Labute approximate surface area is 79.3 Å². The van der Waals surface area contributed by atoms with Gasteiger partial charge >= 0.3 is 0 Å². The van der Waals surface area contributed by atoms with E-state index in [1.807, 2.05) is 19.4 Å². The number of rotatable bonds is 5. The van der Waals surface area contributed by atoms with Crippen LogP contribution in [0.3, 0.4) is 0 Å². The second kappa shape index (κ2) is 3.97. The second-order valence-corrected chi connectivity index (χ2v) is 3.92. The highest BCUT2D eigenvalue weighted by atomic mass is 16.3. The van der Waals surface area contributed by atoms with E-state index in [1.165, 1.54) is 31.2 Å². The van der Waals surface area contributed by atoms with E-state index in [-0.39, 0.29) is 0 Å². The molecule has 1 fully saturated rings. The van der Waals surface area contributed by atoms with Crippen LogP contribution in [-0.4, -0.2) is 7.05 Å². The van der Waals surface area contributed by atoms with Crippen molar-refractivity contribution in [1.29, 1.82) is 0 Å². The van der Waals surface area contributed by atoms with Gasteiger partial charge in [0.25, 0.3) is 0 Å². The average Bonchev–Trinajstić information content (AvgIpc) is 2.81. The Bertz CT molecular complexity index is 239. The monoisotopic (exact) mass is 179 g/mol. The molecule has 2 nitrogen and oxygen atoms in total. The van der Waals surface area contributed by atoms with E-state index in [1.54, 1.807) is 6.26 Å². The van der Waals surface area contributed by atoms with Gasteiger partial charge in [-0.15, -0.1) is 0 Å². The van der Waals surface area contributed by atoms with Crippen LogP contribution < -0.4 is 5.32 Å². The summed E-state index contributed by atoms with van der Waals surface area (Å²) in [6.45, 7) is 0. The molecule has 1 aliphatic rings. The number of nitrogens with one attached hydrogen (secondary N) is 1. The van der Waals surface area contributed by atoms with E-state index < -0.39 is 0 Å². The van der Waals surface area contributed by atoms with Gasteiger partial charge in [0.1, 0.15) is 0 Å². The first kappa shape index (κ1) is 8.82. The van der Waals surface area contributed by atoms with Crippen LogP contribution in [0.2, 0.25) is 0 Å². The molecule has 1 atom stereocenters. The van der Waals surface area contributed by atoms with Crippen molar-refractivity contribution in [3.63, 3.8) is 0 Å². The molecule has 1 N–H and O–H groups in total. The maximum Gasteiger partial charge on any atom is 0.0950 e. The van der Waals surface area contributed by atoms with Crippen LogP contribution in [0.25, 0.3) is 0 Å². The van der Waals surface area contributed by atoms with E-state index >= 15 is 0 Å². The first-order valence-corrected chi connectivity index (χ1v) is 5.09. The Balaban J connectivity index is 1.85. The van der Waals surface area contributed by atoms with Gasteiger partial charge in [-0.1, -0.05) is 12.8 Å². The minimum Gasteiger partial charge on any atom is -0.472 e. The van der Waals surface area contributed by atoms with E-state index in [9.17, 15) is 0 Å². The predicted molar refractivity (Wildman–Crippen MR) is 52.5 cm³/mol. The van der Waals surface area contributed by atoms with Crippen LogP contribution in [-0.2, 0) is 0 Å². The Hall–Kier alpha value is -0.760. The maximum atomic E-state index is 5.08. The molecule has 0 radical (unpaired) electrons. The summed E-state index contributed by atoms with van der Waals surface area (Å²) < 4.78 is 5.08. The van der Waals surface area contributed by atoms with Crippen LogP contribution in [0, 0.1) is 5.92 Å². The van der Waals surface area contributed by atoms with Crippen molar-refractivity contribution in [3.05, 3.63) is 24.2 Å². The summed E-state index contributed by atoms with van der Waals surface area (Å²) in [6, 6.07) is 2.54. The standard InChI is InChI=1S/C11H17NO/c1-12-11(5-4-9-2-3-9)10-6-7-13-8-10/h6-9,11-12H,2-5H2,1H3. The first-order chi connectivity index (χ1) is 6.40. The van der Waals surface area contributed by atoms with Crippen molar-refractivity contribution >= 4 is 0 Å². The van der Waals surface area contributed by atoms with Crippen LogP contribution >= 0.6 is 0 Å². The van der Waals surface area contributed by atoms with Gasteiger partial charge in [0, 0.05) is 11.6 Å². The number of furan rings is 1. The lowest BCUT2D eigenvalue weighted by molar-refractivity contribution is 0.495. The van der Waals surface area contributed by atoms with Crippen molar-refractivity contribution in [1.82, 2.24) is 5.32 Å². The normalized spacial score (nSPS) is 18.8. The molecule has 0 aliphatic heterocycles. The maximum absolute atomic E-state index is 5.08. The van der Waals surface area contributed by atoms with Gasteiger partial charge in [-0.25, -0.2) is 0 Å². The molecule has 0 bridgehead atoms. The van der Waals surface area contributed by atoms with E-state index in [4.69, 9.17) is 4.42 Å². The van der Waals surface area contributed by atoms with Crippen LogP contribution in [0.15, 0.2) is 23.0 Å². The Morgan fingerprint density at radius 2 is 2.46 bits per heavy atom. The molecule has 1 heterocycles. The van der Waals surface area contributed by atoms with Crippen LogP contribution in [0.4, 0.5) is 0 Å². The zero-order chi connectivity index (χ0) is 9.10. The molecule has 0 spiro atoms. The number of hydrogen-bond donors (Lipinski definition) is 1. The lowest BCUT2D eigenvalue weighted by Gasteiger charge is -2.13. The van der Waals surface area contributed by atoms with E-state index in [0.717, 1.165) is 5.92 Å². The summed E-state index contributed by atoms with van der Waals surface area (Å²) in [5, 5.41) is 3.33. The summed E-state index contributed by atoms with van der Waals surface area (Å²) >= 11 is 0. The van der Waals surface area contributed by atoms with Gasteiger partial charge in [-0.3, -0.25) is 0 Å². The molecule has 0 aromatic carbocycles. The third kappa shape index (κ3) is 2.34. The minimum atomic E-state index is 0.486. The zero-order valence-electron chi connectivity index (χ0n) is 8.12. The molecule has 72 valence electrons. The molecular formula is C11H17NO. The fourth-order valence-corrected chi connectivity index (χ4v) is 1.76. The Morgan fingerprint density at radius 1 is 1.62 bits per heavy atom. The van der Waals surface area contributed by atoms with E-state index in [0.29, 0.717) is 6.04 Å². The van der Waals surface area contributed by atoms with Crippen molar-refractivity contribution < 1.29 is 4.42 Å². The number of hydrogen-bond acceptors (Lipinski definition) is 2. The van der Waals surface area contributed by atoms with Crippen LogP contribution in [0.5, 0.6) is 0 Å². The topological polar surface area (TPSA) is 25.2 Å². The SMILES string of the molecule is CNC(CCC1CC1)c1ccoc1. The molecule has 0 saturated heterocycles. The van der Waals surface area contributed by atoms with Gasteiger partial charge in [-0.05, 0) is 31.9 Å². The van der Waals surface area contributed by atoms with Gasteiger partial charge < -0.3 is 9.73 Å². The summed E-state index contributed by atoms with van der Waals surface area (Å²) in [5.41, 5.74) is 1.28. The molecule has 1 unspecified atom stereocenters.